The van der Waals surface area contributed by atoms with E-state index in [4.69, 9.17) is 23.2 Å². The zero-order valence-electron chi connectivity index (χ0n) is 18.2. The van der Waals surface area contributed by atoms with Crippen molar-refractivity contribution in [2.24, 2.45) is 0 Å². The molecule has 0 saturated heterocycles. The van der Waals surface area contributed by atoms with Crippen molar-refractivity contribution in [2.45, 2.75) is 6.54 Å². The highest BCUT2D eigenvalue weighted by atomic mass is 35.5. The predicted octanol–water partition coefficient (Wildman–Crippen LogP) is 2.34. The fourth-order valence-electron chi connectivity index (χ4n) is 3.01. The molecular weight excluding hydrogens is 467 g/mol. The monoisotopic (exact) mass is 488 g/mol. The molecule has 9 nitrogen and oxygen atoms in total. The van der Waals surface area contributed by atoms with E-state index in [2.05, 4.69) is 20.7 Å². The number of hydrogen-bond donors (Lipinski definition) is 2. The molecule has 33 heavy (non-hydrogen) atoms. The Balaban J connectivity index is 2.13. The SMILES string of the molecule is CNCC(=O)NCc1nc(C(=O)N(C)C)nn1-c1ccc(Cl)cc1C(=O)c1ccccc1Cl. The maximum atomic E-state index is 13.4. The second kappa shape index (κ2) is 10.6. The van der Waals surface area contributed by atoms with Crippen LogP contribution in [0.25, 0.3) is 5.69 Å². The smallest absolute Gasteiger partial charge is 0.293 e. The number of halogens is 2. The summed E-state index contributed by atoms with van der Waals surface area (Å²) >= 11 is 12.4. The van der Waals surface area contributed by atoms with E-state index in [0.29, 0.717) is 10.7 Å². The highest BCUT2D eigenvalue weighted by molar-refractivity contribution is 6.35. The Kier molecular flexibility index (Phi) is 7.80. The first-order valence-corrected chi connectivity index (χ1v) is 10.7. The number of benzene rings is 2. The Hall–Kier alpha value is -3.27. The molecule has 1 aromatic heterocycles. The first-order valence-electron chi connectivity index (χ1n) is 9.91. The fourth-order valence-corrected chi connectivity index (χ4v) is 3.40. The van der Waals surface area contributed by atoms with Crippen LogP contribution < -0.4 is 10.6 Å². The number of nitrogens with zero attached hydrogens (tertiary/aromatic N) is 4. The van der Waals surface area contributed by atoms with Gasteiger partial charge >= 0.3 is 0 Å². The molecule has 2 N–H and O–H groups in total. The summed E-state index contributed by atoms with van der Waals surface area (Å²) in [4.78, 5) is 43.5. The molecule has 0 aliphatic heterocycles. The van der Waals surface area contributed by atoms with E-state index in [0.717, 1.165) is 0 Å². The van der Waals surface area contributed by atoms with E-state index in [1.54, 1.807) is 57.5 Å². The molecule has 0 unspecified atom stereocenters. The molecule has 0 saturated carbocycles. The van der Waals surface area contributed by atoms with Gasteiger partial charge in [0, 0.05) is 30.2 Å². The lowest BCUT2D eigenvalue weighted by Gasteiger charge is -2.13. The molecule has 0 aliphatic carbocycles. The second-order valence-electron chi connectivity index (χ2n) is 7.24. The maximum absolute atomic E-state index is 13.4. The number of aromatic nitrogens is 3. The third kappa shape index (κ3) is 5.57. The number of likely N-dealkylation sites (N-methyl/N-ethyl adjacent to an activating group) is 1. The largest absolute Gasteiger partial charge is 0.348 e. The van der Waals surface area contributed by atoms with Crippen LogP contribution in [0, 0.1) is 0 Å². The Labute approximate surface area is 200 Å². The summed E-state index contributed by atoms with van der Waals surface area (Å²) in [6.07, 6.45) is 0. The summed E-state index contributed by atoms with van der Waals surface area (Å²) in [5.74, 6) is -0.885. The summed E-state index contributed by atoms with van der Waals surface area (Å²) in [6, 6.07) is 11.3. The van der Waals surface area contributed by atoms with Crippen LogP contribution in [0.4, 0.5) is 0 Å². The van der Waals surface area contributed by atoms with E-state index >= 15 is 0 Å². The molecule has 0 radical (unpaired) electrons. The minimum Gasteiger partial charge on any atom is -0.348 e. The van der Waals surface area contributed by atoms with Crippen LogP contribution in [0.3, 0.4) is 0 Å². The van der Waals surface area contributed by atoms with Crippen molar-refractivity contribution in [1.29, 1.82) is 0 Å². The van der Waals surface area contributed by atoms with Gasteiger partial charge in [-0.25, -0.2) is 9.67 Å². The van der Waals surface area contributed by atoms with Gasteiger partial charge in [0.1, 0.15) is 0 Å². The van der Waals surface area contributed by atoms with Gasteiger partial charge < -0.3 is 15.5 Å². The molecular formula is C22H22Cl2N6O3. The zero-order valence-corrected chi connectivity index (χ0v) is 19.7. The number of ketones is 1. The van der Waals surface area contributed by atoms with Gasteiger partial charge in [-0.3, -0.25) is 14.4 Å². The Morgan fingerprint density at radius 3 is 2.45 bits per heavy atom. The summed E-state index contributed by atoms with van der Waals surface area (Å²) in [6.45, 7) is 0.0887. The van der Waals surface area contributed by atoms with Crippen molar-refractivity contribution >= 4 is 40.8 Å². The summed E-state index contributed by atoms with van der Waals surface area (Å²) in [5, 5.41) is 10.4. The van der Waals surface area contributed by atoms with Crippen LogP contribution in [0.2, 0.25) is 10.0 Å². The van der Waals surface area contributed by atoms with Gasteiger partial charge in [0.25, 0.3) is 5.91 Å². The molecule has 0 spiro atoms. The van der Waals surface area contributed by atoms with Crippen LogP contribution in [-0.4, -0.2) is 64.9 Å². The highest BCUT2D eigenvalue weighted by Gasteiger charge is 2.24. The molecule has 1 heterocycles. The summed E-state index contributed by atoms with van der Waals surface area (Å²) in [7, 11) is 4.80. The lowest BCUT2D eigenvalue weighted by atomic mass is 10.0. The van der Waals surface area contributed by atoms with Crippen molar-refractivity contribution in [3.8, 4) is 5.69 Å². The number of rotatable bonds is 8. The van der Waals surface area contributed by atoms with E-state index in [-0.39, 0.29) is 52.6 Å². The summed E-state index contributed by atoms with van der Waals surface area (Å²) < 4.78 is 1.36. The van der Waals surface area contributed by atoms with Gasteiger partial charge in [0.05, 0.1) is 23.8 Å². The topological polar surface area (TPSA) is 109 Å². The van der Waals surface area contributed by atoms with Crippen LogP contribution in [0.1, 0.15) is 32.4 Å². The Morgan fingerprint density at radius 1 is 1.06 bits per heavy atom. The van der Waals surface area contributed by atoms with Crippen molar-refractivity contribution in [2.75, 3.05) is 27.7 Å². The first-order chi connectivity index (χ1) is 15.7. The molecule has 3 rings (SSSR count). The number of hydrogen-bond acceptors (Lipinski definition) is 6. The number of nitrogens with one attached hydrogen (secondary N) is 2. The number of carbonyl (C=O) groups is 3. The molecule has 0 fully saturated rings. The minimum atomic E-state index is -0.426. The standard InChI is InChI=1S/C22H22Cl2N6O3/c1-25-12-19(31)26-11-18-27-21(22(33)29(2)3)28-30(18)17-9-8-13(23)10-15(17)20(32)14-6-4-5-7-16(14)24/h4-10,25H,11-12H2,1-3H3,(H,26,31). The van der Waals surface area contributed by atoms with Gasteiger partial charge in [-0.1, -0.05) is 35.3 Å². The highest BCUT2D eigenvalue weighted by Crippen LogP contribution is 2.26. The maximum Gasteiger partial charge on any atom is 0.293 e. The average molecular weight is 489 g/mol. The molecule has 3 aromatic rings. The average Bonchev–Trinajstić information content (AvgIpc) is 3.21. The Bertz CT molecular complexity index is 1210. The van der Waals surface area contributed by atoms with Gasteiger partial charge in [-0.2, -0.15) is 0 Å². The van der Waals surface area contributed by atoms with E-state index < -0.39 is 5.91 Å². The third-order valence-corrected chi connectivity index (χ3v) is 5.17. The van der Waals surface area contributed by atoms with Gasteiger partial charge in [0.2, 0.25) is 11.7 Å². The lowest BCUT2D eigenvalue weighted by molar-refractivity contribution is -0.120. The molecule has 0 atom stereocenters. The van der Waals surface area contributed by atoms with Gasteiger partial charge in [-0.05, 0) is 37.4 Å². The fraction of sp³-hybridized carbons (Fsp3) is 0.227. The minimum absolute atomic E-state index is 0.0173. The van der Waals surface area contributed by atoms with Crippen molar-refractivity contribution < 1.29 is 14.4 Å². The third-order valence-electron chi connectivity index (χ3n) is 4.60. The van der Waals surface area contributed by atoms with Gasteiger partial charge in [0.15, 0.2) is 11.6 Å². The molecule has 0 aliphatic rings. The van der Waals surface area contributed by atoms with Crippen molar-refractivity contribution in [3.05, 3.63) is 75.3 Å². The van der Waals surface area contributed by atoms with Crippen LogP contribution in [0.15, 0.2) is 42.5 Å². The normalized spacial score (nSPS) is 10.7. The Morgan fingerprint density at radius 2 is 1.79 bits per heavy atom. The zero-order chi connectivity index (χ0) is 24.1. The van der Waals surface area contributed by atoms with Crippen molar-refractivity contribution in [3.63, 3.8) is 0 Å². The molecule has 2 aromatic carbocycles. The van der Waals surface area contributed by atoms with E-state index in [1.165, 1.54) is 15.6 Å². The van der Waals surface area contributed by atoms with E-state index in [9.17, 15) is 14.4 Å². The quantitative estimate of drug-likeness (QED) is 0.471. The predicted molar refractivity (Wildman–Crippen MR) is 125 cm³/mol. The molecule has 2 amide bonds. The van der Waals surface area contributed by atoms with Crippen LogP contribution in [0.5, 0.6) is 0 Å². The van der Waals surface area contributed by atoms with Crippen LogP contribution in [-0.2, 0) is 11.3 Å². The number of amides is 2. The summed E-state index contributed by atoms with van der Waals surface area (Å²) in [5.41, 5.74) is 0.843. The van der Waals surface area contributed by atoms with Crippen molar-refractivity contribution in [1.82, 2.24) is 30.3 Å². The van der Waals surface area contributed by atoms with Gasteiger partial charge in [-0.15, -0.1) is 5.10 Å². The van der Waals surface area contributed by atoms with Crippen LogP contribution >= 0.6 is 23.2 Å². The second-order valence-corrected chi connectivity index (χ2v) is 8.08. The lowest BCUT2D eigenvalue weighted by Crippen LogP contribution is -2.32. The van der Waals surface area contributed by atoms with E-state index in [1.807, 2.05) is 0 Å². The molecule has 11 heteroatoms. The number of carbonyl (C=O) groups excluding carboxylic acids is 3. The first kappa shape index (κ1) is 24.4. The molecule has 0 bridgehead atoms. The molecule has 172 valence electrons.